The Morgan fingerprint density at radius 3 is 2.65 bits per heavy atom. The van der Waals surface area contributed by atoms with E-state index in [0.717, 1.165) is 11.3 Å². The molecule has 1 aromatic carbocycles. The first kappa shape index (κ1) is 14.3. The highest BCUT2D eigenvalue weighted by molar-refractivity contribution is 6.30. The van der Waals surface area contributed by atoms with Gasteiger partial charge < -0.3 is 15.2 Å². The van der Waals surface area contributed by atoms with Crippen LogP contribution < -0.4 is 10.1 Å². The molecule has 1 aromatic rings. The first-order valence-corrected chi connectivity index (χ1v) is 6.13. The van der Waals surface area contributed by atoms with Crippen LogP contribution >= 0.6 is 11.6 Å². The van der Waals surface area contributed by atoms with Gasteiger partial charge in [0.15, 0.2) is 0 Å². The van der Waals surface area contributed by atoms with E-state index in [2.05, 4.69) is 19.2 Å². The first-order valence-electron chi connectivity index (χ1n) is 5.75. The average molecular weight is 258 g/mol. The van der Waals surface area contributed by atoms with Crippen LogP contribution in [0.3, 0.4) is 0 Å². The molecule has 0 radical (unpaired) electrons. The van der Waals surface area contributed by atoms with Crippen molar-refractivity contribution in [2.45, 2.75) is 26.4 Å². The third kappa shape index (κ3) is 4.19. The molecule has 0 spiro atoms. The zero-order valence-electron chi connectivity index (χ0n) is 10.5. The van der Waals surface area contributed by atoms with Crippen molar-refractivity contribution in [2.75, 3.05) is 13.7 Å². The highest BCUT2D eigenvalue weighted by Gasteiger charge is 2.12. The number of ether oxygens (including phenoxy) is 1. The molecule has 3 nitrogen and oxygen atoms in total. The Morgan fingerprint density at radius 2 is 2.12 bits per heavy atom. The molecule has 96 valence electrons. The second kappa shape index (κ2) is 6.84. The molecule has 1 rings (SSSR count). The molecule has 0 bridgehead atoms. The van der Waals surface area contributed by atoms with Gasteiger partial charge in [-0.3, -0.25) is 0 Å². The molecule has 0 unspecified atom stereocenters. The van der Waals surface area contributed by atoms with Gasteiger partial charge in [0, 0.05) is 23.2 Å². The van der Waals surface area contributed by atoms with Crippen LogP contribution in [0.15, 0.2) is 18.2 Å². The van der Waals surface area contributed by atoms with Gasteiger partial charge in [0.2, 0.25) is 0 Å². The number of methoxy groups -OCH3 is 1. The molecular formula is C13H20ClNO2. The number of rotatable bonds is 6. The summed E-state index contributed by atoms with van der Waals surface area (Å²) in [7, 11) is 1.64. The number of aliphatic hydroxyl groups is 1. The maximum absolute atomic E-state index is 9.24. The molecule has 17 heavy (non-hydrogen) atoms. The summed E-state index contributed by atoms with van der Waals surface area (Å²) in [6.45, 7) is 4.90. The molecule has 0 aliphatic rings. The molecule has 2 N–H and O–H groups in total. The smallest absolute Gasteiger partial charge is 0.123 e. The minimum atomic E-state index is 0.0821. The van der Waals surface area contributed by atoms with Crippen molar-refractivity contribution >= 4 is 11.6 Å². The fourth-order valence-corrected chi connectivity index (χ4v) is 1.83. The highest BCUT2D eigenvalue weighted by Crippen LogP contribution is 2.22. The second-order valence-corrected chi connectivity index (χ2v) is 4.81. The Kier molecular flexibility index (Phi) is 5.75. The van der Waals surface area contributed by atoms with Crippen LogP contribution in [-0.2, 0) is 6.54 Å². The predicted molar refractivity (Wildman–Crippen MR) is 70.6 cm³/mol. The van der Waals surface area contributed by atoms with Crippen molar-refractivity contribution in [3.63, 3.8) is 0 Å². The number of benzene rings is 1. The first-order chi connectivity index (χ1) is 8.08. The lowest BCUT2D eigenvalue weighted by Gasteiger charge is -2.20. The Labute approximate surface area is 108 Å². The second-order valence-electron chi connectivity index (χ2n) is 4.37. The van der Waals surface area contributed by atoms with Gasteiger partial charge in [0.25, 0.3) is 0 Å². The molecule has 0 saturated carbocycles. The Hall–Kier alpha value is -0.770. The summed E-state index contributed by atoms with van der Waals surface area (Å²) in [4.78, 5) is 0. The summed E-state index contributed by atoms with van der Waals surface area (Å²) >= 11 is 5.95. The number of halogens is 1. The van der Waals surface area contributed by atoms with E-state index in [4.69, 9.17) is 16.3 Å². The maximum atomic E-state index is 9.24. The fourth-order valence-electron chi connectivity index (χ4n) is 1.64. The molecule has 0 aliphatic heterocycles. The predicted octanol–water partition coefficient (Wildman–Crippen LogP) is 2.46. The standard InChI is InChI=1S/C13H20ClNO2/c1-9(2)12(8-16)15-7-10-6-11(14)4-5-13(10)17-3/h4-6,9,12,15-16H,7-8H2,1-3H3/t12-/m1/s1. The summed E-state index contributed by atoms with van der Waals surface area (Å²) in [6.07, 6.45) is 0. The van der Waals surface area contributed by atoms with Crippen molar-refractivity contribution in [1.29, 1.82) is 0 Å². The molecule has 0 aromatic heterocycles. The molecule has 0 saturated heterocycles. The van der Waals surface area contributed by atoms with E-state index in [-0.39, 0.29) is 12.6 Å². The van der Waals surface area contributed by atoms with Crippen molar-refractivity contribution in [3.05, 3.63) is 28.8 Å². The van der Waals surface area contributed by atoms with Gasteiger partial charge in [-0.1, -0.05) is 25.4 Å². The van der Waals surface area contributed by atoms with Gasteiger partial charge in [-0.2, -0.15) is 0 Å². The van der Waals surface area contributed by atoms with Gasteiger partial charge >= 0.3 is 0 Å². The minimum Gasteiger partial charge on any atom is -0.496 e. The van der Waals surface area contributed by atoms with Crippen LogP contribution in [0, 0.1) is 5.92 Å². The van der Waals surface area contributed by atoms with E-state index < -0.39 is 0 Å². The van der Waals surface area contributed by atoms with E-state index in [1.807, 2.05) is 12.1 Å². The molecular weight excluding hydrogens is 238 g/mol. The largest absolute Gasteiger partial charge is 0.496 e. The summed E-state index contributed by atoms with van der Waals surface area (Å²) in [5, 5.41) is 13.2. The Bertz CT molecular complexity index is 355. The lowest BCUT2D eigenvalue weighted by molar-refractivity contribution is 0.209. The van der Waals surface area contributed by atoms with Crippen molar-refractivity contribution in [2.24, 2.45) is 5.92 Å². The zero-order chi connectivity index (χ0) is 12.8. The molecule has 0 heterocycles. The van der Waals surface area contributed by atoms with Crippen molar-refractivity contribution in [1.82, 2.24) is 5.32 Å². The summed E-state index contributed by atoms with van der Waals surface area (Å²) in [5.41, 5.74) is 0.999. The van der Waals surface area contributed by atoms with Gasteiger partial charge in [-0.25, -0.2) is 0 Å². The summed E-state index contributed by atoms with van der Waals surface area (Å²) in [5.74, 6) is 1.19. The highest BCUT2D eigenvalue weighted by atomic mass is 35.5. The van der Waals surface area contributed by atoms with Crippen LogP contribution in [0.25, 0.3) is 0 Å². The van der Waals surface area contributed by atoms with Crippen LogP contribution in [0.1, 0.15) is 19.4 Å². The average Bonchev–Trinajstić information content (AvgIpc) is 2.29. The van der Waals surface area contributed by atoms with Gasteiger partial charge in [-0.15, -0.1) is 0 Å². The molecule has 0 amide bonds. The van der Waals surface area contributed by atoms with Crippen LogP contribution in [0.4, 0.5) is 0 Å². The van der Waals surface area contributed by atoms with Crippen LogP contribution in [0.5, 0.6) is 5.75 Å². The minimum absolute atomic E-state index is 0.0821. The normalized spacial score (nSPS) is 12.8. The van der Waals surface area contributed by atoms with E-state index in [9.17, 15) is 5.11 Å². The molecule has 0 fully saturated rings. The maximum Gasteiger partial charge on any atom is 0.123 e. The summed E-state index contributed by atoms with van der Waals surface area (Å²) in [6, 6.07) is 5.61. The molecule has 4 heteroatoms. The van der Waals surface area contributed by atoms with Gasteiger partial charge in [0.1, 0.15) is 5.75 Å². The number of hydrogen-bond donors (Lipinski definition) is 2. The SMILES string of the molecule is COc1ccc(Cl)cc1CN[C@H](CO)C(C)C. The lowest BCUT2D eigenvalue weighted by atomic mass is 10.0. The third-order valence-corrected chi connectivity index (χ3v) is 3.03. The topological polar surface area (TPSA) is 41.5 Å². The monoisotopic (exact) mass is 257 g/mol. The molecule has 0 aliphatic carbocycles. The number of aliphatic hydroxyl groups excluding tert-OH is 1. The van der Waals surface area contributed by atoms with E-state index in [1.54, 1.807) is 13.2 Å². The number of hydrogen-bond acceptors (Lipinski definition) is 3. The van der Waals surface area contributed by atoms with Crippen LogP contribution in [-0.4, -0.2) is 24.9 Å². The fraction of sp³-hybridized carbons (Fsp3) is 0.538. The van der Waals surface area contributed by atoms with Gasteiger partial charge in [0.05, 0.1) is 13.7 Å². The van der Waals surface area contributed by atoms with E-state index in [1.165, 1.54) is 0 Å². The molecule has 1 atom stereocenters. The Balaban J connectivity index is 2.70. The lowest BCUT2D eigenvalue weighted by Crippen LogP contribution is -2.36. The van der Waals surface area contributed by atoms with Crippen molar-refractivity contribution < 1.29 is 9.84 Å². The Morgan fingerprint density at radius 1 is 1.41 bits per heavy atom. The van der Waals surface area contributed by atoms with E-state index in [0.29, 0.717) is 17.5 Å². The van der Waals surface area contributed by atoms with E-state index >= 15 is 0 Å². The van der Waals surface area contributed by atoms with Crippen LogP contribution in [0.2, 0.25) is 5.02 Å². The summed E-state index contributed by atoms with van der Waals surface area (Å²) < 4.78 is 5.27. The third-order valence-electron chi connectivity index (χ3n) is 2.80. The number of nitrogens with one attached hydrogen (secondary N) is 1. The van der Waals surface area contributed by atoms with Gasteiger partial charge in [-0.05, 0) is 24.1 Å². The quantitative estimate of drug-likeness (QED) is 0.823. The van der Waals surface area contributed by atoms with Crippen molar-refractivity contribution in [3.8, 4) is 5.75 Å². The zero-order valence-corrected chi connectivity index (χ0v) is 11.3.